The van der Waals surface area contributed by atoms with Gasteiger partial charge >= 0.3 is 0 Å². The molecule has 1 rings (SSSR count). The Balaban J connectivity index is 0.00000196. The van der Waals surface area contributed by atoms with Crippen molar-refractivity contribution in [2.24, 2.45) is 5.73 Å². The van der Waals surface area contributed by atoms with E-state index >= 15 is 0 Å². The van der Waals surface area contributed by atoms with E-state index in [0.717, 1.165) is 11.1 Å². The Morgan fingerprint density at radius 2 is 2.07 bits per heavy atom. The third kappa shape index (κ3) is 4.08. The molecule has 15 heavy (non-hydrogen) atoms. The molecule has 0 fully saturated rings. The van der Waals surface area contributed by atoms with Crippen LogP contribution in [0.5, 0.6) is 5.75 Å². The fraction of sp³-hybridized carbons (Fsp3) is 0.455. The van der Waals surface area contributed by atoms with Crippen molar-refractivity contribution in [2.45, 2.75) is 25.8 Å². The van der Waals surface area contributed by atoms with Gasteiger partial charge in [0.05, 0.1) is 0 Å². The first kappa shape index (κ1) is 14.2. The fourth-order valence-electron chi connectivity index (χ4n) is 1.44. The lowest BCUT2D eigenvalue weighted by atomic mass is 10.0. The summed E-state index contributed by atoms with van der Waals surface area (Å²) in [6.07, 6.45) is 1.35. The normalized spacial score (nSPS) is 11.9. The van der Waals surface area contributed by atoms with Crippen LogP contribution in [0.25, 0.3) is 0 Å². The molecule has 86 valence electrons. The van der Waals surface area contributed by atoms with Gasteiger partial charge in [-0.1, -0.05) is 17.7 Å². The van der Waals surface area contributed by atoms with Gasteiger partial charge in [-0.15, -0.1) is 12.4 Å². The number of halogens is 1. The maximum Gasteiger partial charge on any atom is 0.120 e. The van der Waals surface area contributed by atoms with Gasteiger partial charge in [0, 0.05) is 18.2 Å². The summed E-state index contributed by atoms with van der Waals surface area (Å²) >= 11 is 0. The Morgan fingerprint density at radius 3 is 2.67 bits per heavy atom. The highest BCUT2D eigenvalue weighted by atomic mass is 35.5. The molecule has 4 N–H and O–H groups in total. The number of phenolic OH excluding ortho intramolecular Hbond substituents is 1. The molecule has 0 unspecified atom stereocenters. The Labute approximate surface area is 96.3 Å². The molecule has 3 nitrogen and oxygen atoms in total. The molecule has 0 aliphatic carbocycles. The molecule has 0 spiro atoms. The van der Waals surface area contributed by atoms with E-state index in [1.165, 1.54) is 0 Å². The third-order valence-corrected chi connectivity index (χ3v) is 2.26. The fourth-order valence-corrected chi connectivity index (χ4v) is 1.44. The van der Waals surface area contributed by atoms with E-state index in [0.29, 0.717) is 12.8 Å². The van der Waals surface area contributed by atoms with Gasteiger partial charge in [0.15, 0.2) is 0 Å². The molecular weight excluding hydrogens is 214 g/mol. The van der Waals surface area contributed by atoms with E-state index in [9.17, 15) is 5.11 Å². The SMILES string of the molecule is Cc1ccc(O)c([C@@H](N)CCCO)c1.Cl. The van der Waals surface area contributed by atoms with Gasteiger partial charge in [0.1, 0.15) is 5.75 Å². The van der Waals surface area contributed by atoms with Crippen molar-refractivity contribution in [1.29, 1.82) is 0 Å². The highest BCUT2D eigenvalue weighted by Gasteiger charge is 2.10. The number of aliphatic hydroxyl groups excluding tert-OH is 1. The number of hydrogen-bond donors (Lipinski definition) is 3. The molecule has 0 radical (unpaired) electrons. The summed E-state index contributed by atoms with van der Waals surface area (Å²) in [6.45, 7) is 2.10. The lowest BCUT2D eigenvalue weighted by molar-refractivity contribution is 0.279. The second kappa shape index (κ2) is 6.67. The standard InChI is InChI=1S/C11H17NO2.ClH/c1-8-4-5-11(14)9(7-8)10(12)3-2-6-13;/h4-5,7,10,13-14H,2-3,6,12H2,1H3;1H/t10-;/m0./s1. The van der Waals surface area contributed by atoms with Crippen LogP contribution >= 0.6 is 12.4 Å². The van der Waals surface area contributed by atoms with E-state index in [4.69, 9.17) is 10.8 Å². The van der Waals surface area contributed by atoms with Crippen LogP contribution in [-0.2, 0) is 0 Å². The molecule has 1 aromatic rings. The van der Waals surface area contributed by atoms with Gasteiger partial charge in [0.2, 0.25) is 0 Å². The summed E-state index contributed by atoms with van der Waals surface area (Å²) in [7, 11) is 0. The number of rotatable bonds is 4. The van der Waals surface area contributed by atoms with Crippen molar-refractivity contribution in [3.05, 3.63) is 29.3 Å². The Morgan fingerprint density at radius 1 is 1.40 bits per heavy atom. The number of phenols is 1. The summed E-state index contributed by atoms with van der Waals surface area (Å²) in [6, 6.07) is 5.19. The van der Waals surface area contributed by atoms with Crippen molar-refractivity contribution in [3.8, 4) is 5.75 Å². The van der Waals surface area contributed by atoms with Crippen LogP contribution in [0.15, 0.2) is 18.2 Å². The Hall–Kier alpha value is -0.770. The van der Waals surface area contributed by atoms with Crippen LogP contribution in [0.4, 0.5) is 0 Å². The molecule has 0 saturated carbocycles. The van der Waals surface area contributed by atoms with Crippen molar-refractivity contribution in [1.82, 2.24) is 0 Å². The summed E-state index contributed by atoms with van der Waals surface area (Å²) in [4.78, 5) is 0. The molecule has 4 heteroatoms. The van der Waals surface area contributed by atoms with Crippen LogP contribution in [0.2, 0.25) is 0 Å². The number of aryl methyl sites for hydroxylation is 1. The van der Waals surface area contributed by atoms with Gasteiger partial charge in [0.25, 0.3) is 0 Å². The molecule has 0 aliphatic heterocycles. The quantitative estimate of drug-likeness (QED) is 0.742. The van der Waals surface area contributed by atoms with Crippen LogP contribution in [0, 0.1) is 6.92 Å². The summed E-state index contributed by atoms with van der Waals surface area (Å²) in [5, 5.41) is 18.2. The summed E-state index contributed by atoms with van der Waals surface area (Å²) < 4.78 is 0. The maximum absolute atomic E-state index is 9.56. The van der Waals surface area contributed by atoms with E-state index in [1.54, 1.807) is 6.07 Å². The Bertz CT molecular complexity index is 305. The third-order valence-electron chi connectivity index (χ3n) is 2.26. The highest BCUT2D eigenvalue weighted by Crippen LogP contribution is 2.26. The van der Waals surface area contributed by atoms with Crippen LogP contribution in [-0.4, -0.2) is 16.8 Å². The number of aliphatic hydroxyl groups is 1. The summed E-state index contributed by atoms with van der Waals surface area (Å²) in [5.74, 6) is 0.237. The van der Waals surface area contributed by atoms with Crippen LogP contribution < -0.4 is 5.73 Å². The van der Waals surface area contributed by atoms with Crippen molar-refractivity contribution >= 4 is 12.4 Å². The highest BCUT2D eigenvalue weighted by molar-refractivity contribution is 5.85. The maximum atomic E-state index is 9.56. The first-order valence-electron chi connectivity index (χ1n) is 4.81. The van der Waals surface area contributed by atoms with E-state index in [1.807, 2.05) is 19.1 Å². The predicted octanol–water partition coefficient (Wildman–Crippen LogP) is 1.89. The van der Waals surface area contributed by atoms with Crippen LogP contribution in [0.1, 0.15) is 30.0 Å². The molecule has 0 aliphatic rings. The molecule has 0 bridgehead atoms. The zero-order chi connectivity index (χ0) is 10.6. The number of nitrogens with two attached hydrogens (primary N) is 1. The monoisotopic (exact) mass is 231 g/mol. The topological polar surface area (TPSA) is 66.5 Å². The lowest BCUT2D eigenvalue weighted by Gasteiger charge is -2.13. The zero-order valence-electron chi connectivity index (χ0n) is 8.81. The second-order valence-corrected chi connectivity index (χ2v) is 3.53. The van der Waals surface area contributed by atoms with Crippen molar-refractivity contribution in [3.63, 3.8) is 0 Å². The minimum absolute atomic E-state index is 0. The lowest BCUT2D eigenvalue weighted by Crippen LogP contribution is -2.11. The molecule has 0 heterocycles. The molecule has 0 saturated heterocycles. The average molecular weight is 232 g/mol. The van der Waals surface area contributed by atoms with Crippen molar-refractivity contribution in [2.75, 3.05) is 6.61 Å². The molecular formula is C11H18ClNO2. The van der Waals surface area contributed by atoms with Crippen LogP contribution in [0.3, 0.4) is 0 Å². The number of hydrogen-bond acceptors (Lipinski definition) is 3. The molecule has 0 amide bonds. The van der Waals surface area contributed by atoms with E-state index in [2.05, 4.69) is 0 Å². The van der Waals surface area contributed by atoms with E-state index < -0.39 is 0 Å². The van der Waals surface area contributed by atoms with Gasteiger partial charge < -0.3 is 15.9 Å². The van der Waals surface area contributed by atoms with Crippen molar-refractivity contribution < 1.29 is 10.2 Å². The first-order valence-corrected chi connectivity index (χ1v) is 4.81. The summed E-state index contributed by atoms with van der Waals surface area (Å²) in [5.41, 5.74) is 7.72. The number of aromatic hydroxyl groups is 1. The minimum Gasteiger partial charge on any atom is -0.508 e. The zero-order valence-corrected chi connectivity index (χ0v) is 9.63. The number of benzene rings is 1. The molecule has 0 aromatic heterocycles. The van der Waals surface area contributed by atoms with E-state index in [-0.39, 0.29) is 30.8 Å². The minimum atomic E-state index is -0.193. The van der Waals surface area contributed by atoms with Gasteiger partial charge in [-0.25, -0.2) is 0 Å². The Kier molecular flexibility index (Phi) is 6.32. The second-order valence-electron chi connectivity index (χ2n) is 3.53. The average Bonchev–Trinajstić information content (AvgIpc) is 2.18. The first-order chi connectivity index (χ1) is 6.65. The molecule has 1 atom stereocenters. The van der Waals surface area contributed by atoms with Gasteiger partial charge in [-0.2, -0.15) is 0 Å². The smallest absolute Gasteiger partial charge is 0.120 e. The van der Waals surface area contributed by atoms with Gasteiger partial charge in [-0.3, -0.25) is 0 Å². The van der Waals surface area contributed by atoms with Gasteiger partial charge in [-0.05, 0) is 25.8 Å². The largest absolute Gasteiger partial charge is 0.508 e. The predicted molar refractivity (Wildman–Crippen MR) is 63.3 cm³/mol. The molecule has 1 aromatic carbocycles.